The summed E-state index contributed by atoms with van der Waals surface area (Å²) in [5.74, 6) is 1.65. The number of nitrogens with zero attached hydrogens (tertiary/aromatic N) is 3. The Kier molecular flexibility index (Phi) is 4.47. The minimum atomic E-state index is -0.265. The molecule has 2 aliphatic rings. The number of hydrogen-bond acceptors (Lipinski definition) is 3. The Labute approximate surface area is 147 Å². The van der Waals surface area contributed by atoms with Gasteiger partial charge in [-0.15, -0.1) is 0 Å². The Morgan fingerprint density at radius 2 is 2.00 bits per heavy atom. The monoisotopic (exact) mass is 339 g/mol. The normalized spacial score (nSPS) is 25.2. The van der Waals surface area contributed by atoms with E-state index in [0.29, 0.717) is 24.2 Å². The van der Waals surface area contributed by atoms with Gasteiger partial charge in [0, 0.05) is 31.7 Å². The molecular formula is C20H22FN3O. The molecule has 1 aromatic heterocycles. The molecule has 0 unspecified atom stereocenters. The SMILES string of the molecule is O=C(Cc1ccc(F)cc1)N1C[C@H]2CC[C@H](Cc3cnccn3)[C@H]2C1. The Morgan fingerprint density at radius 3 is 2.76 bits per heavy atom. The molecule has 4 nitrogen and oxygen atoms in total. The predicted octanol–water partition coefficient (Wildman–Crippen LogP) is 2.89. The number of likely N-dealkylation sites (tertiary alicyclic amines) is 1. The van der Waals surface area contributed by atoms with E-state index < -0.39 is 0 Å². The average molecular weight is 339 g/mol. The summed E-state index contributed by atoms with van der Waals surface area (Å²) in [6, 6.07) is 6.22. The van der Waals surface area contributed by atoms with Gasteiger partial charge in [0.1, 0.15) is 5.82 Å². The molecule has 3 atom stereocenters. The van der Waals surface area contributed by atoms with E-state index in [4.69, 9.17) is 0 Å². The molecule has 1 saturated carbocycles. The smallest absolute Gasteiger partial charge is 0.227 e. The molecule has 1 saturated heterocycles. The van der Waals surface area contributed by atoms with Gasteiger partial charge in [0.2, 0.25) is 5.91 Å². The van der Waals surface area contributed by atoms with Gasteiger partial charge in [-0.2, -0.15) is 0 Å². The summed E-state index contributed by atoms with van der Waals surface area (Å²) >= 11 is 0. The number of carbonyl (C=O) groups excluding carboxylic acids is 1. The van der Waals surface area contributed by atoms with Crippen LogP contribution in [0.25, 0.3) is 0 Å². The Bertz CT molecular complexity index is 734. The fourth-order valence-electron chi connectivity index (χ4n) is 4.43. The van der Waals surface area contributed by atoms with Crippen LogP contribution >= 0.6 is 0 Å². The number of benzene rings is 1. The summed E-state index contributed by atoms with van der Waals surface area (Å²) in [4.78, 5) is 23.2. The molecule has 2 fully saturated rings. The fourth-order valence-corrected chi connectivity index (χ4v) is 4.43. The van der Waals surface area contributed by atoms with Gasteiger partial charge < -0.3 is 4.90 Å². The largest absolute Gasteiger partial charge is 0.342 e. The molecule has 0 radical (unpaired) electrons. The number of aromatic nitrogens is 2. The lowest BCUT2D eigenvalue weighted by Crippen LogP contribution is -2.31. The molecule has 2 aromatic rings. The summed E-state index contributed by atoms with van der Waals surface area (Å²) < 4.78 is 13.0. The van der Waals surface area contributed by atoms with Gasteiger partial charge in [-0.1, -0.05) is 12.1 Å². The van der Waals surface area contributed by atoms with Crippen molar-refractivity contribution in [1.29, 1.82) is 0 Å². The van der Waals surface area contributed by atoms with Crippen molar-refractivity contribution in [2.24, 2.45) is 17.8 Å². The topological polar surface area (TPSA) is 46.1 Å². The molecule has 130 valence electrons. The van der Waals surface area contributed by atoms with E-state index in [1.54, 1.807) is 24.5 Å². The van der Waals surface area contributed by atoms with Crippen molar-refractivity contribution in [3.05, 3.63) is 59.9 Å². The van der Waals surface area contributed by atoms with E-state index in [1.807, 2.05) is 11.1 Å². The van der Waals surface area contributed by atoms with Crippen LogP contribution in [0.1, 0.15) is 24.1 Å². The predicted molar refractivity (Wildman–Crippen MR) is 92.1 cm³/mol. The Morgan fingerprint density at radius 1 is 1.16 bits per heavy atom. The number of rotatable bonds is 4. The molecule has 1 aliphatic heterocycles. The zero-order valence-corrected chi connectivity index (χ0v) is 14.1. The van der Waals surface area contributed by atoms with E-state index >= 15 is 0 Å². The molecular weight excluding hydrogens is 317 g/mol. The summed E-state index contributed by atoms with van der Waals surface area (Å²) in [5.41, 5.74) is 1.92. The number of fused-ring (bicyclic) bond motifs is 1. The first kappa shape index (κ1) is 16.2. The van der Waals surface area contributed by atoms with Gasteiger partial charge >= 0.3 is 0 Å². The third-order valence-electron chi connectivity index (χ3n) is 5.71. The lowest BCUT2D eigenvalue weighted by Gasteiger charge is -2.20. The second kappa shape index (κ2) is 6.90. The van der Waals surface area contributed by atoms with Crippen LogP contribution in [-0.2, 0) is 17.6 Å². The van der Waals surface area contributed by atoms with Gasteiger partial charge in [-0.05, 0) is 54.7 Å². The van der Waals surface area contributed by atoms with Crippen LogP contribution < -0.4 is 0 Å². The Balaban J connectivity index is 1.37. The molecule has 0 bridgehead atoms. The van der Waals surface area contributed by atoms with Crippen molar-refractivity contribution in [3.8, 4) is 0 Å². The highest BCUT2D eigenvalue weighted by Crippen LogP contribution is 2.43. The molecule has 1 aliphatic carbocycles. The van der Waals surface area contributed by atoms with E-state index in [0.717, 1.165) is 30.8 Å². The van der Waals surface area contributed by atoms with E-state index in [1.165, 1.54) is 25.0 Å². The van der Waals surface area contributed by atoms with Crippen LogP contribution in [-0.4, -0.2) is 33.9 Å². The highest BCUT2D eigenvalue weighted by atomic mass is 19.1. The van der Waals surface area contributed by atoms with Crippen LogP contribution in [0.15, 0.2) is 42.9 Å². The van der Waals surface area contributed by atoms with Crippen LogP contribution in [0.5, 0.6) is 0 Å². The lowest BCUT2D eigenvalue weighted by molar-refractivity contribution is -0.129. The number of halogens is 1. The minimum absolute atomic E-state index is 0.152. The number of amides is 1. The Hall–Kier alpha value is -2.30. The standard InChI is InChI=1S/C20H22FN3O/c21-17-5-1-14(2-6-17)9-20(25)24-12-16-4-3-15(19(16)13-24)10-18-11-22-7-8-23-18/h1-2,5-8,11,15-16,19H,3-4,9-10,12-13H2/t15-,16-,19-/m1/s1. The van der Waals surface area contributed by atoms with Crippen molar-refractivity contribution in [2.75, 3.05) is 13.1 Å². The number of carbonyl (C=O) groups is 1. The third kappa shape index (κ3) is 3.55. The lowest BCUT2D eigenvalue weighted by atomic mass is 9.89. The highest BCUT2D eigenvalue weighted by molar-refractivity contribution is 5.79. The maximum atomic E-state index is 13.0. The second-order valence-electron chi connectivity index (χ2n) is 7.26. The van der Waals surface area contributed by atoms with E-state index in [-0.39, 0.29) is 11.7 Å². The summed E-state index contributed by atoms with van der Waals surface area (Å²) in [6.07, 6.45) is 9.01. The van der Waals surface area contributed by atoms with Gasteiger partial charge in [0.15, 0.2) is 0 Å². The van der Waals surface area contributed by atoms with Crippen LogP contribution in [0, 0.1) is 23.6 Å². The van der Waals surface area contributed by atoms with E-state index in [2.05, 4.69) is 9.97 Å². The molecule has 0 N–H and O–H groups in total. The van der Waals surface area contributed by atoms with Crippen molar-refractivity contribution in [3.63, 3.8) is 0 Å². The van der Waals surface area contributed by atoms with Gasteiger partial charge in [0.05, 0.1) is 12.1 Å². The van der Waals surface area contributed by atoms with Crippen LogP contribution in [0.3, 0.4) is 0 Å². The van der Waals surface area contributed by atoms with Crippen molar-refractivity contribution < 1.29 is 9.18 Å². The molecule has 1 amide bonds. The second-order valence-corrected chi connectivity index (χ2v) is 7.26. The first-order chi connectivity index (χ1) is 12.2. The van der Waals surface area contributed by atoms with Crippen molar-refractivity contribution in [1.82, 2.24) is 14.9 Å². The summed E-state index contributed by atoms with van der Waals surface area (Å²) in [5, 5.41) is 0. The zero-order valence-electron chi connectivity index (χ0n) is 14.1. The minimum Gasteiger partial charge on any atom is -0.342 e. The third-order valence-corrected chi connectivity index (χ3v) is 5.71. The van der Waals surface area contributed by atoms with Crippen molar-refractivity contribution >= 4 is 5.91 Å². The molecule has 0 spiro atoms. The molecule has 5 heteroatoms. The summed E-state index contributed by atoms with van der Waals surface area (Å²) in [6.45, 7) is 1.71. The summed E-state index contributed by atoms with van der Waals surface area (Å²) in [7, 11) is 0. The van der Waals surface area contributed by atoms with Gasteiger partial charge in [0.25, 0.3) is 0 Å². The first-order valence-electron chi connectivity index (χ1n) is 8.96. The maximum Gasteiger partial charge on any atom is 0.227 e. The van der Waals surface area contributed by atoms with Crippen LogP contribution in [0.4, 0.5) is 4.39 Å². The van der Waals surface area contributed by atoms with Crippen LogP contribution in [0.2, 0.25) is 0 Å². The molecule has 25 heavy (non-hydrogen) atoms. The maximum absolute atomic E-state index is 13.0. The average Bonchev–Trinajstić information content (AvgIpc) is 3.20. The first-order valence-corrected chi connectivity index (χ1v) is 8.96. The van der Waals surface area contributed by atoms with Gasteiger partial charge in [-0.25, -0.2) is 4.39 Å². The number of hydrogen-bond donors (Lipinski definition) is 0. The highest BCUT2D eigenvalue weighted by Gasteiger charge is 2.43. The molecule has 1 aromatic carbocycles. The van der Waals surface area contributed by atoms with Crippen molar-refractivity contribution in [2.45, 2.75) is 25.7 Å². The molecule has 2 heterocycles. The fraction of sp³-hybridized carbons (Fsp3) is 0.450. The van der Waals surface area contributed by atoms with Gasteiger partial charge in [-0.3, -0.25) is 14.8 Å². The van der Waals surface area contributed by atoms with E-state index in [9.17, 15) is 9.18 Å². The zero-order chi connectivity index (χ0) is 17.2. The quantitative estimate of drug-likeness (QED) is 0.860. The molecule has 4 rings (SSSR count).